The van der Waals surface area contributed by atoms with E-state index in [0.717, 1.165) is 0 Å². The molecule has 0 radical (unpaired) electrons. The number of hydrogen-bond donors (Lipinski definition) is 2. The van der Waals surface area contributed by atoms with E-state index in [9.17, 15) is 14.0 Å². The van der Waals surface area contributed by atoms with Gasteiger partial charge in [0.25, 0.3) is 0 Å². The molecule has 104 valence electrons. The summed E-state index contributed by atoms with van der Waals surface area (Å²) in [4.78, 5) is 23.7. The molecule has 0 spiro atoms. The summed E-state index contributed by atoms with van der Waals surface area (Å²) in [7, 11) is 1.47. The molecule has 19 heavy (non-hydrogen) atoms. The minimum absolute atomic E-state index is 0.362. The Hall–Kier alpha value is -1.95. The van der Waals surface area contributed by atoms with Crippen LogP contribution in [0.25, 0.3) is 0 Å². The molecule has 0 saturated carbocycles. The number of carboxylic acids is 1. The molecule has 0 saturated heterocycles. The number of likely N-dealkylation sites (N-methyl/N-ethyl adjacent to an activating group) is 1. The van der Waals surface area contributed by atoms with Crippen LogP contribution in [0.2, 0.25) is 0 Å². The molecule has 2 atom stereocenters. The zero-order valence-corrected chi connectivity index (χ0v) is 10.8. The van der Waals surface area contributed by atoms with Crippen molar-refractivity contribution in [3.63, 3.8) is 0 Å². The van der Waals surface area contributed by atoms with Crippen molar-refractivity contribution in [3.05, 3.63) is 35.6 Å². The van der Waals surface area contributed by atoms with Gasteiger partial charge in [0.1, 0.15) is 5.82 Å². The van der Waals surface area contributed by atoms with Gasteiger partial charge in [0.05, 0.1) is 18.5 Å². The molecule has 2 unspecified atom stereocenters. The van der Waals surface area contributed by atoms with Gasteiger partial charge in [0.15, 0.2) is 0 Å². The number of amides is 1. The standard InChI is InChI=1S/C13H17FN2O3/c1-8(9-5-3-4-6-10(9)14)16(2)13(19)11(15)7-12(17)18/h3-6,8,11H,7,15H2,1-2H3,(H,17,18). The lowest BCUT2D eigenvalue weighted by molar-refractivity contribution is -0.142. The van der Waals surface area contributed by atoms with E-state index in [0.29, 0.717) is 5.56 Å². The maximum atomic E-state index is 13.6. The molecule has 0 heterocycles. The molecule has 0 aliphatic rings. The van der Waals surface area contributed by atoms with Crippen LogP contribution in [-0.2, 0) is 9.59 Å². The van der Waals surface area contributed by atoms with E-state index in [2.05, 4.69) is 0 Å². The number of hydrogen-bond acceptors (Lipinski definition) is 3. The zero-order chi connectivity index (χ0) is 14.6. The highest BCUT2D eigenvalue weighted by Gasteiger charge is 2.25. The third kappa shape index (κ3) is 3.75. The van der Waals surface area contributed by atoms with E-state index in [1.165, 1.54) is 18.0 Å². The zero-order valence-electron chi connectivity index (χ0n) is 10.8. The normalized spacial score (nSPS) is 13.7. The molecular weight excluding hydrogens is 251 g/mol. The number of carbonyl (C=O) groups is 2. The van der Waals surface area contributed by atoms with Crippen LogP contribution in [0.3, 0.4) is 0 Å². The van der Waals surface area contributed by atoms with Crippen LogP contribution in [0, 0.1) is 5.82 Å². The topological polar surface area (TPSA) is 83.6 Å². The third-order valence-electron chi connectivity index (χ3n) is 3.00. The minimum Gasteiger partial charge on any atom is -0.481 e. The Bertz CT molecular complexity index is 479. The van der Waals surface area contributed by atoms with Crippen molar-refractivity contribution in [3.8, 4) is 0 Å². The number of carboxylic acid groups (broad SMARTS) is 1. The van der Waals surface area contributed by atoms with Crippen molar-refractivity contribution in [1.82, 2.24) is 4.90 Å². The van der Waals surface area contributed by atoms with E-state index in [-0.39, 0.29) is 0 Å². The number of benzene rings is 1. The van der Waals surface area contributed by atoms with Gasteiger partial charge in [-0.3, -0.25) is 9.59 Å². The molecular formula is C13H17FN2O3. The predicted octanol–water partition coefficient (Wildman–Crippen LogP) is 1.15. The number of aliphatic carboxylic acids is 1. The number of nitrogens with two attached hydrogens (primary N) is 1. The largest absolute Gasteiger partial charge is 0.481 e. The van der Waals surface area contributed by atoms with E-state index in [1.54, 1.807) is 25.1 Å². The average molecular weight is 268 g/mol. The quantitative estimate of drug-likeness (QED) is 0.839. The van der Waals surface area contributed by atoms with Gasteiger partial charge in [-0.1, -0.05) is 18.2 Å². The monoisotopic (exact) mass is 268 g/mol. The lowest BCUT2D eigenvalue weighted by Gasteiger charge is -2.27. The van der Waals surface area contributed by atoms with E-state index >= 15 is 0 Å². The molecule has 6 heteroatoms. The highest BCUT2D eigenvalue weighted by Crippen LogP contribution is 2.22. The molecule has 0 aliphatic heterocycles. The number of rotatable bonds is 5. The Morgan fingerprint density at radius 1 is 1.42 bits per heavy atom. The van der Waals surface area contributed by atoms with Gasteiger partial charge in [-0.25, -0.2) is 4.39 Å². The van der Waals surface area contributed by atoms with Crippen LogP contribution in [0.4, 0.5) is 4.39 Å². The summed E-state index contributed by atoms with van der Waals surface area (Å²) in [6.07, 6.45) is -0.451. The van der Waals surface area contributed by atoms with Crippen LogP contribution < -0.4 is 5.73 Å². The van der Waals surface area contributed by atoms with Crippen LogP contribution in [0.1, 0.15) is 24.9 Å². The maximum absolute atomic E-state index is 13.6. The molecule has 3 N–H and O–H groups in total. The van der Waals surface area contributed by atoms with Crippen molar-refractivity contribution < 1.29 is 19.1 Å². The SMILES string of the molecule is CC(c1ccccc1F)N(C)C(=O)C(N)CC(=O)O. The van der Waals surface area contributed by atoms with Crippen molar-refractivity contribution in [2.24, 2.45) is 5.73 Å². The van der Waals surface area contributed by atoms with Crippen molar-refractivity contribution in [2.45, 2.75) is 25.4 Å². The van der Waals surface area contributed by atoms with Crippen molar-refractivity contribution in [2.75, 3.05) is 7.05 Å². The van der Waals surface area contributed by atoms with Gasteiger partial charge in [0.2, 0.25) is 5.91 Å². The summed E-state index contributed by atoms with van der Waals surface area (Å²) in [5.74, 6) is -2.09. The van der Waals surface area contributed by atoms with Crippen LogP contribution in [0.5, 0.6) is 0 Å². The Balaban J connectivity index is 2.82. The first kappa shape index (κ1) is 15.1. The van der Waals surface area contributed by atoms with E-state index < -0.39 is 36.2 Å². The number of halogens is 1. The van der Waals surface area contributed by atoms with Gasteiger partial charge in [-0.15, -0.1) is 0 Å². The van der Waals surface area contributed by atoms with Crippen molar-refractivity contribution in [1.29, 1.82) is 0 Å². The molecule has 0 bridgehead atoms. The summed E-state index contributed by atoms with van der Waals surface area (Å²) in [5.41, 5.74) is 5.87. The number of carbonyl (C=O) groups excluding carboxylic acids is 1. The Morgan fingerprint density at radius 3 is 2.53 bits per heavy atom. The smallest absolute Gasteiger partial charge is 0.305 e. The van der Waals surface area contributed by atoms with E-state index in [1.807, 2.05) is 0 Å². The first-order valence-electron chi connectivity index (χ1n) is 5.83. The molecule has 5 nitrogen and oxygen atoms in total. The summed E-state index contributed by atoms with van der Waals surface area (Å²) in [6.45, 7) is 1.66. The Labute approximate surface area is 110 Å². The van der Waals surface area contributed by atoms with Crippen LogP contribution >= 0.6 is 0 Å². The first-order valence-corrected chi connectivity index (χ1v) is 5.83. The average Bonchev–Trinajstić information content (AvgIpc) is 2.36. The maximum Gasteiger partial charge on any atom is 0.305 e. The lowest BCUT2D eigenvalue weighted by Crippen LogP contribution is -2.44. The van der Waals surface area contributed by atoms with Crippen LogP contribution in [-0.4, -0.2) is 35.0 Å². The van der Waals surface area contributed by atoms with Gasteiger partial charge in [-0.05, 0) is 13.0 Å². The summed E-state index contributed by atoms with van der Waals surface area (Å²) in [6, 6.07) is 4.46. The highest BCUT2D eigenvalue weighted by molar-refractivity contribution is 5.86. The highest BCUT2D eigenvalue weighted by atomic mass is 19.1. The summed E-state index contributed by atoms with van der Waals surface area (Å²) < 4.78 is 13.6. The molecule has 0 fully saturated rings. The molecule has 1 aromatic rings. The Kier molecular flexibility index (Phi) is 5.00. The lowest BCUT2D eigenvalue weighted by atomic mass is 10.1. The molecule has 1 aromatic carbocycles. The Morgan fingerprint density at radius 2 is 2.00 bits per heavy atom. The predicted molar refractivity (Wildman–Crippen MR) is 67.8 cm³/mol. The summed E-state index contributed by atoms with van der Waals surface area (Å²) >= 11 is 0. The fourth-order valence-electron chi connectivity index (χ4n) is 1.75. The third-order valence-corrected chi connectivity index (χ3v) is 3.00. The van der Waals surface area contributed by atoms with E-state index in [4.69, 9.17) is 10.8 Å². The van der Waals surface area contributed by atoms with Crippen molar-refractivity contribution >= 4 is 11.9 Å². The molecule has 1 amide bonds. The fraction of sp³-hybridized carbons (Fsp3) is 0.385. The second-order valence-corrected chi connectivity index (χ2v) is 4.35. The van der Waals surface area contributed by atoms with Gasteiger partial charge in [-0.2, -0.15) is 0 Å². The summed E-state index contributed by atoms with van der Waals surface area (Å²) in [5, 5.41) is 8.60. The second-order valence-electron chi connectivity index (χ2n) is 4.35. The van der Waals surface area contributed by atoms with Gasteiger partial charge in [0, 0.05) is 12.6 Å². The first-order chi connectivity index (χ1) is 8.84. The molecule has 0 aliphatic carbocycles. The van der Waals surface area contributed by atoms with Crippen LogP contribution in [0.15, 0.2) is 24.3 Å². The van der Waals surface area contributed by atoms with Gasteiger partial charge >= 0.3 is 5.97 Å². The number of nitrogens with zero attached hydrogens (tertiary/aromatic N) is 1. The second kappa shape index (κ2) is 6.29. The minimum atomic E-state index is -1.15. The fourth-order valence-corrected chi connectivity index (χ4v) is 1.75. The molecule has 1 rings (SSSR count). The molecule has 0 aromatic heterocycles. The van der Waals surface area contributed by atoms with Gasteiger partial charge < -0.3 is 15.7 Å².